The van der Waals surface area contributed by atoms with Gasteiger partial charge in [-0.25, -0.2) is 19.0 Å². The Hall–Kier alpha value is -4.52. The number of rotatable bonds is 9. The summed E-state index contributed by atoms with van der Waals surface area (Å²) in [6, 6.07) is 8.64. The minimum Gasteiger partial charge on any atom is -0.377 e. The highest BCUT2D eigenvalue weighted by Gasteiger charge is 2.22. The summed E-state index contributed by atoms with van der Waals surface area (Å²) >= 11 is 5.86. The van der Waals surface area contributed by atoms with Gasteiger partial charge in [0.25, 0.3) is 11.8 Å². The van der Waals surface area contributed by atoms with Crippen LogP contribution >= 0.6 is 11.6 Å². The third-order valence-corrected chi connectivity index (χ3v) is 5.74. The number of hydrogen-bond donors (Lipinski definition) is 3. The Labute approximate surface area is 229 Å². The number of carbonyl (C=O) groups is 3. The summed E-state index contributed by atoms with van der Waals surface area (Å²) in [6.45, 7) is 3.40. The SMILES string of the molecule is [B]n1c(C(=O)NCc2ccc(-n3cccn3)nc2)nc(NC(=O)c2cc(F)cc(Cl)c2)c1CNC(=O)C(C)C. The molecule has 0 spiro atoms. The molecule has 3 aromatic heterocycles. The molecule has 0 fully saturated rings. The van der Waals surface area contributed by atoms with Gasteiger partial charge in [-0.2, -0.15) is 5.10 Å². The van der Waals surface area contributed by atoms with Crippen LogP contribution in [0.3, 0.4) is 0 Å². The Bertz CT molecular complexity index is 1490. The fourth-order valence-corrected chi connectivity index (χ4v) is 3.68. The monoisotopic (exact) mass is 548 g/mol. The van der Waals surface area contributed by atoms with Crippen molar-refractivity contribution in [3.05, 3.63) is 88.5 Å². The van der Waals surface area contributed by atoms with E-state index in [0.717, 1.165) is 16.6 Å². The number of nitrogens with zero attached hydrogens (tertiary/aromatic N) is 5. The van der Waals surface area contributed by atoms with Gasteiger partial charge in [0.05, 0.1) is 12.2 Å². The summed E-state index contributed by atoms with van der Waals surface area (Å²) in [7, 11) is 6.16. The van der Waals surface area contributed by atoms with Crippen LogP contribution in [0.4, 0.5) is 10.2 Å². The standard InChI is InChI=1S/C25H23BClFN8O3/c1-14(2)23(37)31-13-19-21(34-24(38)16-8-17(27)10-18(28)9-16)33-22(36(19)26)25(39)30-12-15-4-5-20(29-11-15)35-7-3-6-32-35/h3-11,14H,12-13H2,1-2H3,(H,30,39)(H,31,37)(H,34,38). The Morgan fingerprint density at radius 1 is 1.10 bits per heavy atom. The van der Waals surface area contributed by atoms with Gasteiger partial charge in [0.15, 0.2) is 17.5 Å². The zero-order valence-corrected chi connectivity index (χ0v) is 21.7. The summed E-state index contributed by atoms with van der Waals surface area (Å²) in [5.74, 6) is -2.36. The molecule has 3 amide bonds. The number of hydrogen-bond acceptors (Lipinski definition) is 6. The third kappa shape index (κ3) is 6.68. The molecule has 1 aromatic carbocycles. The molecule has 0 bridgehead atoms. The Balaban J connectivity index is 1.53. The van der Waals surface area contributed by atoms with Crippen molar-refractivity contribution in [2.45, 2.75) is 26.9 Å². The maximum Gasteiger partial charge on any atom is 0.286 e. The molecule has 0 aliphatic carbocycles. The molecule has 11 nitrogen and oxygen atoms in total. The number of amides is 3. The van der Waals surface area contributed by atoms with E-state index in [1.54, 1.807) is 55.3 Å². The number of nitrogens with one attached hydrogen (secondary N) is 3. The molecule has 198 valence electrons. The van der Waals surface area contributed by atoms with Crippen LogP contribution in [-0.4, -0.2) is 49.9 Å². The van der Waals surface area contributed by atoms with E-state index in [1.165, 1.54) is 6.07 Å². The molecular formula is C25H23BClFN8O3. The molecule has 0 unspecified atom stereocenters. The molecule has 39 heavy (non-hydrogen) atoms. The lowest BCUT2D eigenvalue weighted by Gasteiger charge is -2.12. The molecule has 4 rings (SSSR count). The van der Waals surface area contributed by atoms with Gasteiger partial charge in [-0.15, -0.1) is 0 Å². The van der Waals surface area contributed by atoms with E-state index in [2.05, 4.69) is 31.0 Å². The van der Waals surface area contributed by atoms with Crippen LogP contribution in [-0.2, 0) is 17.9 Å². The van der Waals surface area contributed by atoms with Crippen molar-refractivity contribution < 1.29 is 18.8 Å². The lowest BCUT2D eigenvalue weighted by molar-refractivity contribution is -0.124. The summed E-state index contributed by atoms with van der Waals surface area (Å²) < 4.78 is 16.3. The third-order valence-electron chi connectivity index (χ3n) is 5.53. The number of carbonyl (C=O) groups excluding carboxylic acids is 3. The van der Waals surface area contributed by atoms with Crippen molar-refractivity contribution in [3.63, 3.8) is 0 Å². The van der Waals surface area contributed by atoms with Gasteiger partial charge in [0.2, 0.25) is 13.9 Å². The van der Waals surface area contributed by atoms with Gasteiger partial charge in [0, 0.05) is 41.6 Å². The first-order valence-electron chi connectivity index (χ1n) is 11.8. The molecule has 14 heteroatoms. The maximum atomic E-state index is 13.8. The van der Waals surface area contributed by atoms with Gasteiger partial charge in [-0.05, 0) is 35.9 Å². The van der Waals surface area contributed by atoms with Crippen LogP contribution in [0.2, 0.25) is 5.02 Å². The zero-order valence-electron chi connectivity index (χ0n) is 21.0. The first-order valence-corrected chi connectivity index (χ1v) is 12.1. The fourth-order valence-electron chi connectivity index (χ4n) is 3.46. The number of benzene rings is 1. The molecule has 3 N–H and O–H groups in total. The highest BCUT2D eigenvalue weighted by Crippen LogP contribution is 2.20. The highest BCUT2D eigenvalue weighted by molar-refractivity contribution is 6.31. The maximum absolute atomic E-state index is 13.8. The number of pyridine rings is 1. The molecular weight excluding hydrogens is 526 g/mol. The molecule has 0 aliphatic rings. The smallest absolute Gasteiger partial charge is 0.286 e. The molecule has 4 aromatic rings. The molecule has 0 aliphatic heterocycles. The van der Waals surface area contributed by atoms with E-state index in [-0.39, 0.29) is 52.8 Å². The number of anilines is 1. The number of aromatic nitrogens is 5. The highest BCUT2D eigenvalue weighted by atomic mass is 35.5. The van der Waals surface area contributed by atoms with E-state index in [9.17, 15) is 18.8 Å². The quantitative estimate of drug-likeness (QED) is 0.275. The zero-order chi connectivity index (χ0) is 28.1. The van der Waals surface area contributed by atoms with Crippen molar-refractivity contribution in [2.75, 3.05) is 5.32 Å². The van der Waals surface area contributed by atoms with E-state index in [1.807, 2.05) is 0 Å². The van der Waals surface area contributed by atoms with Crippen molar-refractivity contribution in [3.8, 4) is 5.82 Å². The minimum absolute atomic E-state index is 0.0288. The topological polar surface area (TPSA) is 136 Å². The lowest BCUT2D eigenvalue weighted by atomic mass is 10.2. The normalized spacial score (nSPS) is 10.9. The lowest BCUT2D eigenvalue weighted by Crippen LogP contribution is -2.30. The molecule has 0 atom stereocenters. The summed E-state index contributed by atoms with van der Waals surface area (Å²) in [4.78, 5) is 46.4. The van der Waals surface area contributed by atoms with Gasteiger partial charge < -0.3 is 20.4 Å². The molecule has 3 heterocycles. The van der Waals surface area contributed by atoms with Crippen molar-refractivity contribution in [1.29, 1.82) is 0 Å². The van der Waals surface area contributed by atoms with Crippen LogP contribution in [0, 0.1) is 11.7 Å². The average molecular weight is 549 g/mol. The second-order valence-electron chi connectivity index (χ2n) is 8.74. The van der Waals surface area contributed by atoms with E-state index >= 15 is 0 Å². The molecule has 2 radical (unpaired) electrons. The molecule has 0 saturated heterocycles. The van der Waals surface area contributed by atoms with Crippen LogP contribution < -0.4 is 16.0 Å². The van der Waals surface area contributed by atoms with Gasteiger partial charge in [0.1, 0.15) is 5.82 Å². The number of imidazole rings is 1. The van der Waals surface area contributed by atoms with Crippen LogP contribution in [0.25, 0.3) is 5.82 Å². The fraction of sp³-hybridized carbons (Fsp3) is 0.200. The predicted molar refractivity (Wildman–Crippen MR) is 142 cm³/mol. The summed E-state index contributed by atoms with van der Waals surface area (Å²) in [5, 5.41) is 12.0. The van der Waals surface area contributed by atoms with Crippen molar-refractivity contribution >= 4 is 43.1 Å². The van der Waals surface area contributed by atoms with Gasteiger partial charge in [-0.3, -0.25) is 14.4 Å². The second kappa shape index (κ2) is 11.9. The van der Waals surface area contributed by atoms with Gasteiger partial charge >= 0.3 is 0 Å². The van der Waals surface area contributed by atoms with E-state index in [0.29, 0.717) is 11.4 Å². The minimum atomic E-state index is -0.735. The first-order chi connectivity index (χ1) is 18.6. The van der Waals surface area contributed by atoms with Crippen LogP contribution in [0.5, 0.6) is 0 Å². The van der Waals surface area contributed by atoms with Gasteiger partial charge in [-0.1, -0.05) is 31.5 Å². The Kier molecular flexibility index (Phi) is 8.40. The predicted octanol–water partition coefficient (Wildman–Crippen LogP) is 2.64. The Morgan fingerprint density at radius 2 is 1.90 bits per heavy atom. The van der Waals surface area contributed by atoms with E-state index in [4.69, 9.17) is 19.6 Å². The largest absolute Gasteiger partial charge is 0.377 e. The van der Waals surface area contributed by atoms with Crippen molar-refractivity contribution in [2.24, 2.45) is 5.92 Å². The summed E-state index contributed by atoms with van der Waals surface area (Å²) in [5.41, 5.74) is 0.784. The van der Waals surface area contributed by atoms with Crippen molar-refractivity contribution in [1.82, 2.24) is 34.9 Å². The van der Waals surface area contributed by atoms with Crippen LogP contribution in [0.1, 0.15) is 46.1 Å². The van der Waals surface area contributed by atoms with E-state index < -0.39 is 17.6 Å². The second-order valence-corrected chi connectivity index (χ2v) is 9.18. The Morgan fingerprint density at radius 3 is 2.54 bits per heavy atom. The van der Waals surface area contributed by atoms with Crippen LogP contribution in [0.15, 0.2) is 55.0 Å². The molecule has 0 saturated carbocycles. The first kappa shape index (κ1) is 27.5. The summed E-state index contributed by atoms with van der Waals surface area (Å²) in [6.07, 6.45) is 4.98. The number of halogens is 2. The average Bonchev–Trinajstić information content (AvgIpc) is 3.54.